The highest BCUT2D eigenvalue weighted by atomic mass is 16.5. The second-order valence-corrected chi connectivity index (χ2v) is 6.19. The van der Waals surface area contributed by atoms with Gasteiger partial charge in [0.1, 0.15) is 17.2 Å². The fourth-order valence-corrected chi connectivity index (χ4v) is 3.24. The number of rotatable bonds is 3. The molecule has 126 valence electrons. The Kier molecular flexibility index (Phi) is 3.98. The normalized spacial score (nSPS) is 13.3. The molecule has 0 aliphatic heterocycles. The van der Waals surface area contributed by atoms with Crippen LogP contribution < -0.4 is 9.16 Å². The van der Waals surface area contributed by atoms with E-state index in [0.29, 0.717) is 29.3 Å². The van der Waals surface area contributed by atoms with Gasteiger partial charge in [0.05, 0.1) is 4.43 Å². The lowest BCUT2D eigenvalue weighted by atomic mass is 10.00. The predicted molar refractivity (Wildman–Crippen MR) is 93.6 cm³/mol. The second kappa shape index (κ2) is 6.43. The Morgan fingerprint density at radius 1 is 0.920 bits per heavy atom. The minimum atomic E-state index is 0.488. The lowest BCUT2D eigenvalue weighted by Gasteiger charge is -2.15. The number of fused-ring (bicyclic) bond motifs is 1. The monoisotopic (exact) mass is 335 g/mol. The summed E-state index contributed by atoms with van der Waals surface area (Å²) < 4.78 is 7.83. The smallest absolute Gasteiger partial charge is 0.262 e. The first-order chi connectivity index (χ1) is 12.2. The van der Waals surface area contributed by atoms with Gasteiger partial charge in [-0.3, -0.25) is 0 Å². The molecule has 1 aromatic heterocycles. The van der Waals surface area contributed by atoms with Crippen molar-refractivity contribution in [1.29, 1.82) is 0 Å². The molecule has 5 nitrogen and oxygen atoms in total. The first kappa shape index (κ1) is 15.4. The van der Waals surface area contributed by atoms with Gasteiger partial charge in [0, 0.05) is 16.9 Å². The molecule has 3 aromatic rings. The van der Waals surface area contributed by atoms with Gasteiger partial charge >= 0.3 is 0 Å². The molecule has 0 spiro atoms. The van der Waals surface area contributed by atoms with Crippen LogP contribution >= 0.6 is 0 Å². The van der Waals surface area contributed by atoms with Crippen LogP contribution in [0.15, 0.2) is 60.8 Å². The minimum absolute atomic E-state index is 0.488. The zero-order chi connectivity index (χ0) is 17.2. The zero-order valence-electron chi connectivity index (χ0n) is 13.8. The number of benzene rings is 2. The third-order valence-electron chi connectivity index (χ3n) is 4.53. The van der Waals surface area contributed by atoms with Crippen LogP contribution in [0.5, 0.6) is 11.5 Å². The molecule has 0 saturated heterocycles. The van der Waals surface area contributed by atoms with Crippen LogP contribution in [0.4, 0.5) is 0 Å². The van der Waals surface area contributed by atoms with Crippen molar-refractivity contribution in [3.05, 3.63) is 77.1 Å². The van der Waals surface area contributed by atoms with Gasteiger partial charge in [-0.25, -0.2) is 0 Å². The van der Waals surface area contributed by atoms with Gasteiger partial charge in [0.15, 0.2) is 5.69 Å². The number of ether oxygens (including phenoxy) is 1. The number of hydrogen-bond acceptors (Lipinski definition) is 3. The molecule has 4 rings (SSSR count). The minimum Gasteiger partial charge on any atom is -0.457 e. The lowest BCUT2D eigenvalue weighted by Crippen LogP contribution is -2.30. The fraction of sp³-hybridized carbons (Fsp3) is 0.200. The second-order valence-electron chi connectivity index (χ2n) is 6.19. The van der Waals surface area contributed by atoms with Crippen LogP contribution in [0, 0.1) is 4.91 Å². The van der Waals surface area contributed by atoms with E-state index >= 15 is 0 Å². The Hall–Kier alpha value is -3.08. The van der Waals surface area contributed by atoms with Crippen molar-refractivity contribution in [1.82, 2.24) is 4.73 Å². The van der Waals surface area contributed by atoms with Crippen molar-refractivity contribution < 1.29 is 14.4 Å². The Bertz CT molecular complexity index is 947. The summed E-state index contributed by atoms with van der Waals surface area (Å²) in [5.41, 5.74) is 2.63. The van der Waals surface area contributed by atoms with Crippen LogP contribution in [0.25, 0.3) is 11.3 Å². The Morgan fingerprint density at radius 2 is 1.60 bits per heavy atom. The maximum absolute atomic E-state index is 12.3. The van der Waals surface area contributed by atoms with E-state index in [0.717, 1.165) is 39.7 Å². The van der Waals surface area contributed by atoms with E-state index in [1.165, 1.54) is 6.20 Å². The average Bonchev–Trinajstić information content (AvgIpc) is 2.66. The van der Waals surface area contributed by atoms with Crippen molar-refractivity contribution in [2.75, 3.05) is 0 Å². The summed E-state index contributed by atoms with van der Waals surface area (Å²) in [5, 5.41) is 10.6. The molecule has 25 heavy (non-hydrogen) atoms. The van der Waals surface area contributed by atoms with E-state index in [2.05, 4.69) is 0 Å². The number of hydrogen-bond donors (Lipinski definition) is 1. The third kappa shape index (κ3) is 3.01. The first-order valence-electron chi connectivity index (χ1n) is 8.45. The highest BCUT2D eigenvalue weighted by molar-refractivity contribution is 5.59. The molecule has 0 amide bonds. The van der Waals surface area contributed by atoms with Crippen molar-refractivity contribution in [2.24, 2.45) is 0 Å². The van der Waals surface area contributed by atoms with Crippen molar-refractivity contribution >= 4 is 0 Å². The van der Waals surface area contributed by atoms with Gasteiger partial charge in [-0.15, -0.1) is 0 Å². The standard InChI is InChI=1S/C20H19N2O3/c23-21-14-20(22(24)19-9-5-4-8-18(19)21)15-10-12-17(13-11-15)25-16-6-2-1-3-7-16/h1-3,6-7,10-14,24H,4-5,8-9H2/q+1. The van der Waals surface area contributed by atoms with Crippen molar-refractivity contribution in [2.45, 2.75) is 25.7 Å². The molecule has 0 fully saturated rings. The molecule has 0 unspecified atom stereocenters. The van der Waals surface area contributed by atoms with E-state index in [1.807, 2.05) is 54.6 Å². The van der Waals surface area contributed by atoms with Gasteiger partial charge in [-0.2, -0.15) is 4.73 Å². The Morgan fingerprint density at radius 3 is 2.36 bits per heavy atom. The maximum atomic E-state index is 12.3. The quantitative estimate of drug-likeness (QED) is 0.582. The van der Waals surface area contributed by atoms with Crippen LogP contribution in [0.1, 0.15) is 24.2 Å². The fourth-order valence-electron chi connectivity index (χ4n) is 3.24. The van der Waals surface area contributed by atoms with E-state index in [1.54, 1.807) is 0 Å². The molecule has 0 saturated carbocycles. The highest BCUT2D eigenvalue weighted by Crippen LogP contribution is 2.27. The summed E-state index contributed by atoms with van der Waals surface area (Å²) in [6, 6.07) is 16.9. The molecule has 1 aliphatic rings. The number of nitrogens with zero attached hydrogens (tertiary/aromatic N) is 2. The predicted octanol–water partition coefficient (Wildman–Crippen LogP) is 3.98. The summed E-state index contributed by atoms with van der Waals surface area (Å²) in [7, 11) is 0. The number of aromatic nitrogens is 2. The van der Waals surface area contributed by atoms with Crippen LogP contribution in [0.3, 0.4) is 0 Å². The Balaban J connectivity index is 1.66. The van der Waals surface area contributed by atoms with E-state index in [-0.39, 0.29) is 0 Å². The van der Waals surface area contributed by atoms with Gasteiger partial charge in [0.2, 0.25) is 0 Å². The van der Waals surface area contributed by atoms with E-state index in [9.17, 15) is 10.1 Å². The van der Waals surface area contributed by atoms with Gasteiger partial charge in [0.25, 0.3) is 11.9 Å². The molecule has 0 radical (unpaired) electrons. The Labute approximate surface area is 145 Å². The molecule has 1 N–H and O–H groups in total. The van der Waals surface area contributed by atoms with Crippen molar-refractivity contribution in [3.8, 4) is 22.8 Å². The van der Waals surface area contributed by atoms with Gasteiger partial charge in [-0.1, -0.05) is 18.2 Å². The molecule has 1 aliphatic carbocycles. The van der Waals surface area contributed by atoms with Crippen molar-refractivity contribution in [3.63, 3.8) is 0 Å². The average molecular weight is 335 g/mol. The molecular formula is C20H19N2O3+. The molecule has 0 bridgehead atoms. The molecule has 2 aromatic carbocycles. The SMILES string of the molecule is O=[n+]1cc(-c2ccc(Oc3ccccc3)cc2)n(O)c2c1CCCC2. The summed E-state index contributed by atoms with van der Waals surface area (Å²) in [6.07, 6.45) is 4.85. The summed E-state index contributed by atoms with van der Waals surface area (Å²) in [5.74, 6) is 1.46. The first-order valence-corrected chi connectivity index (χ1v) is 8.45. The highest BCUT2D eigenvalue weighted by Gasteiger charge is 2.26. The molecule has 0 atom stereocenters. The van der Waals surface area contributed by atoms with E-state index in [4.69, 9.17) is 4.74 Å². The van der Waals surface area contributed by atoms with Gasteiger partial charge in [-0.05, 0) is 55.7 Å². The third-order valence-corrected chi connectivity index (χ3v) is 4.53. The topological polar surface area (TPSA) is 57.4 Å². The van der Waals surface area contributed by atoms with E-state index < -0.39 is 0 Å². The maximum Gasteiger partial charge on any atom is 0.262 e. The van der Waals surface area contributed by atoms with Crippen LogP contribution in [0.2, 0.25) is 0 Å². The lowest BCUT2D eigenvalue weighted by molar-refractivity contribution is -0.507. The summed E-state index contributed by atoms with van der Waals surface area (Å²) in [6.45, 7) is 0. The van der Waals surface area contributed by atoms with Gasteiger partial charge < -0.3 is 9.94 Å². The number of para-hydroxylation sites is 1. The molecule has 5 heteroatoms. The zero-order valence-corrected chi connectivity index (χ0v) is 13.8. The summed E-state index contributed by atoms with van der Waals surface area (Å²) in [4.78, 5) is 12.3. The molecular weight excluding hydrogens is 316 g/mol. The summed E-state index contributed by atoms with van der Waals surface area (Å²) >= 11 is 0. The van der Waals surface area contributed by atoms with Crippen LogP contribution in [-0.2, 0) is 12.8 Å². The largest absolute Gasteiger partial charge is 0.457 e. The van der Waals surface area contributed by atoms with Crippen LogP contribution in [-0.4, -0.2) is 9.94 Å². The molecule has 1 heterocycles.